The zero-order valence-electron chi connectivity index (χ0n) is 26.5. The Morgan fingerprint density at radius 1 is 0.936 bits per heavy atom. The molecule has 9 nitrogen and oxygen atoms in total. The highest BCUT2D eigenvalue weighted by Crippen LogP contribution is 2.42. The Balaban J connectivity index is 1.86. The average Bonchev–Trinajstić information content (AvgIpc) is 3.39. The lowest BCUT2D eigenvalue weighted by Gasteiger charge is -2.17. The van der Waals surface area contributed by atoms with E-state index >= 15 is 0 Å². The number of rotatable bonds is 14. The minimum absolute atomic E-state index is 0.112. The number of nitrogens with one attached hydrogen (secondary N) is 1. The van der Waals surface area contributed by atoms with Crippen LogP contribution in [0.3, 0.4) is 0 Å². The topological polar surface area (TPSA) is 138 Å². The molecule has 4 rings (SSSR count). The van der Waals surface area contributed by atoms with Crippen molar-refractivity contribution < 1.29 is 38.8 Å². The van der Waals surface area contributed by atoms with Crippen molar-refractivity contribution in [3.63, 3.8) is 0 Å². The van der Waals surface area contributed by atoms with Gasteiger partial charge in [0.2, 0.25) is 0 Å². The molecule has 47 heavy (non-hydrogen) atoms. The Morgan fingerprint density at radius 3 is 2.26 bits per heavy atom. The molecule has 0 unspecified atom stereocenters. The van der Waals surface area contributed by atoms with Gasteiger partial charge in [-0.15, -0.1) is 0 Å². The predicted octanol–water partition coefficient (Wildman–Crippen LogP) is 6.25. The summed E-state index contributed by atoms with van der Waals surface area (Å²) in [5.74, 6) is -2.48. The van der Waals surface area contributed by atoms with Gasteiger partial charge in [0.15, 0.2) is 0 Å². The molecule has 10 heteroatoms. The molecular formula is C37H39FN2O7. The maximum Gasteiger partial charge on any atom is 0.338 e. The van der Waals surface area contributed by atoms with Gasteiger partial charge in [0.05, 0.1) is 30.8 Å². The van der Waals surface area contributed by atoms with Crippen LogP contribution >= 0.6 is 0 Å². The van der Waals surface area contributed by atoms with Gasteiger partial charge in [0.25, 0.3) is 5.91 Å². The molecule has 0 aliphatic heterocycles. The van der Waals surface area contributed by atoms with Gasteiger partial charge < -0.3 is 29.9 Å². The molecule has 0 radical (unpaired) electrons. The molecule has 0 aliphatic rings. The van der Waals surface area contributed by atoms with Gasteiger partial charge >= 0.3 is 11.9 Å². The fourth-order valence-electron chi connectivity index (χ4n) is 5.46. The largest absolute Gasteiger partial charge is 0.481 e. The lowest BCUT2D eigenvalue weighted by molar-refractivity contribution is -0.139. The summed E-state index contributed by atoms with van der Waals surface area (Å²) in [6, 6.07) is 21.7. The first-order valence-electron chi connectivity index (χ1n) is 15.4. The van der Waals surface area contributed by atoms with Gasteiger partial charge in [-0.3, -0.25) is 9.59 Å². The monoisotopic (exact) mass is 642 g/mol. The van der Waals surface area contributed by atoms with Gasteiger partial charge in [-0.2, -0.15) is 0 Å². The Kier molecular flexibility index (Phi) is 11.8. The normalized spacial score (nSPS) is 12.7. The van der Waals surface area contributed by atoms with Crippen LogP contribution in [0.1, 0.15) is 71.8 Å². The molecule has 1 aromatic heterocycles. The number of amides is 1. The third-order valence-corrected chi connectivity index (χ3v) is 7.46. The number of hydrogen-bond donors (Lipinski definition) is 4. The summed E-state index contributed by atoms with van der Waals surface area (Å²) in [5, 5.41) is 32.8. The summed E-state index contributed by atoms with van der Waals surface area (Å²) in [6.45, 7) is 5.89. The lowest BCUT2D eigenvalue weighted by Crippen LogP contribution is -2.27. The van der Waals surface area contributed by atoms with Crippen LogP contribution < -0.4 is 5.32 Å². The summed E-state index contributed by atoms with van der Waals surface area (Å²) < 4.78 is 21.1. The number of aliphatic hydroxyl groups excluding tert-OH is 2. The third kappa shape index (κ3) is 8.81. The molecule has 4 aromatic rings. The van der Waals surface area contributed by atoms with Gasteiger partial charge in [-0.1, -0.05) is 60.7 Å². The van der Waals surface area contributed by atoms with Gasteiger partial charge in [0.1, 0.15) is 11.5 Å². The predicted molar refractivity (Wildman–Crippen MR) is 177 cm³/mol. The quantitative estimate of drug-likeness (QED) is 0.119. The van der Waals surface area contributed by atoms with Crippen LogP contribution in [0.5, 0.6) is 0 Å². The Morgan fingerprint density at radius 2 is 1.62 bits per heavy atom. The number of aliphatic hydroxyl groups is 2. The van der Waals surface area contributed by atoms with E-state index in [0.717, 1.165) is 5.56 Å². The molecular weight excluding hydrogens is 603 g/mol. The van der Waals surface area contributed by atoms with E-state index in [9.17, 15) is 29.0 Å². The number of carboxylic acids is 1. The smallest absolute Gasteiger partial charge is 0.338 e. The van der Waals surface area contributed by atoms with Gasteiger partial charge in [-0.05, 0) is 67.8 Å². The first-order valence-corrected chi connectivity index (χ1v) is 15.4. The lowest BCUT2D eigenvalue weighted by atomic mass is 9.94. The first kappa shape index (κ1) is 34.8. The Hall–Kier alpha value is -5.06. The van der Waals surface area contributed by atoms with Crippen LogP contribution in [0.25, 0.3) is 28.3 Å². The zero-order valence-corrected chi connectivity index (χ0v) is 26.5. The highest BCUT2D eigenvalue weighted by molar-refractivity contribution is 6.06. The summed E-state index contributed by atoms with van der Waals surface area (Å²) in [7, 11) is 0. The van der Waals surface area contributed by atoms with E-state index in [2.05, 4.69) is 5.32 Å². The summed E-state index contributed by atoms with van der Waals surface area (Å²) in [6.07, 6.45) is -0.0821. The van der Waals surface area contributed by atoms with Crippen molar-refractivity contribution in [3.8, 4) is 22.3 Å². The minimum atomic E-state index is -1.26. The maximum absolute atomic E-state index is 14.3. The van der Waals surface area contributed by atoms with Crippen LogP contribution in [0.4, 0.5) is 4.39 Å². The molecule has 0 saturated carbocycles. The van der Waals surface area contributed by atoms with E-state index in [0.29, 0.717) is 39.2 Å². The number of carbonyl (C=O) groups is 3. The van der Waals surface area contributed by atoms with Crippen LogP contribution in [0.2, 0.25) is 0 Å². The van der Waals surface area contributed by atoms with Crippen LogP contribution in [-0.4, -0.2) is 56.5 Å². The van der Waals surface area contributed by atoms with Crippen molar-refractivity contribution >= 4 is 23.9 Å². The summed E-state index contributed by atoms with van der Waals surface area (Å²) in [5.41, 5.74) is 4.49. The molecule has 0 saturated heterocycles. The Bertz CT molecular complexity index is 1730. The van der Waals surface area contributed by atoms with Crippen molar-refractivity contribution in [2.45, 2.75) is 58.4 Å². The second kappa shape index (κ2) is 16.0. The Labute approximate surface area is 273 Å². The molecule has 2 atom stereocenters. The molecule has 0 spiro atoms. The van der Waals surface area contributed by atoms with Crippen LogP contribution in [0.15, 0.2) is 84.9 Å². The van der Waals surface area contributed by atoms with E-state index in [4.69, 9.17) is 9.84 Å². The second-order valence-electron chi connectivity index (χ2n) is 11.3. The number of carbonyl (C=O) groups excluding carboxylic acids is 2. The molecule has 4 N–H and O–H groups in total. The van der Waals surface area contributed by atoms with Crippen molar-refractivity contribution in [3.05, 3.63) is 113 Å². The molecule has 1 amide bonds. The summed E-state index contributed by atoms with van der Waals surface area (Å²) in [4.78, 5) is 37.6. The number of halogens is 1. The number of ether oxygens (including phenoxy) is 1. The molecule has 1 heterocycles. The average molecular weight is 643 g/mol. The van der Waals surface area contributed by atoms with Crippen LogP contribution in [-0.2, 0) is 16.1 Å². The molecule has 3 aromatic carbocycles. The van der Waals surface area contributed by atoms with Crippen molar-refractivity contribution in [1.29, 1.82) is 0 Å². The van der Waals surface area contributed by atoms with Crippen molar-refractivity contribution in [1.82, 2.24) is 9.88 Å². The zero-order chi connectivity index (χ0) is 34.1. The van der Waals surface area contributed by atoms with E-state index in [1.807, 2.05) is 48.7 Å². The fourth-order valence-corrected chi connectivity index (χ4v) is 5.46. The fraction of sp³-hybridized carbons (Fsp3) is 0.270. The standard InChI is InChI=1S/C37H39FN2O7/c1-4-47-37(46)27-12-8-9-24(19-27)22-39-36(45)35-34(25-10-6-5-7-11-25)33(26-13-15-28(38)16-14-26)31(40(35)23(2)3)18-17-29(41)20-30(42)21-32(43)44/h5-19,23,29-30,41-42H,4,20-22H2,1-3H3,(H,39,45)(H,43,44)/b18-17+/t29-,30-/m1/s1. The molecule has 0 fully saturated rings. The highest BCUT2D eigenvalue weighted by Gasteiger charge is 2.29. The SMILES string of the molecule is CCOC(=O)c1cccc(CNC(=O)c2c(-c3ccccc3)c(-c3ccc(F)cc3)c(/C=C/[C@@H](O)C[C@@H](O)CC(=O)O)n2C(C)C)c1. The number of benzene rings is 3. The maximum atomic E-state index is 14.3. The number of aromatic nitrogens is 1. The van der Waals surface area contributed by atoms with E-state index < -0.39 is 42.3 Å². The number of carboxylic acid groups (broad SMARTS) is 1. The molecule has 246 valence electrons. The van der Waals surface area contributed by atoms with Gasteiger partial charge in [0, 0.05) is 35.8 Å². The van der Waals surface area contributed by atoms with Crippen molar-refractivity contribution in [2.24, 2.45) is 0 Å². The number of nitrogens with zero attached hydrogens (tertiary/aromatic N) is 1. The molecule has 0 aliphatic carbocycles. The number of esters is 1. The number of aliphatic carboxylic acids is 1. The highest BCUT2D eigenvalue weighted by atomic mass is 19.1. The van der Waals surface area contributed by atoms with Crippen LogP contribution in [0, 0.1) is 5.82 Å². The number of hydrogen-bond acceptors (Lipinski definition) is 6. The third-order valence-electron chi connectivity index (χ3n) is 7.46. The second-order valence-corrected chi connectivity index (χ2v) is 11.3. The minimum Gasteiger partial charge on any atom is -0.481 e. The first-order chi connectivity index (χ1) is 22.5. The van der Waals surface area contributed by atoms with E-state index in [-0.39, 0.29) is 25.6 Å². The van der Waals surface area contributed by atoms with Gasteiger partial charge in [-0.25, -0.2) is 9.18 Å². The summed E-state index contributed by atoms with van der Waals surface area (Å²) >= 11 is 0. The van der Waals surface area contributed by atoms with E-state index in [1.165, 1.54) is 18.2 Å². The van der Waals surface area contributed by atoms with Crippen molar-refractivity contribution in [2.75, 3.05) is 6.61 Å². The molecule has 0 bridgehead atoms. The van der Waals surface area contributed by atoms with E-state index in [1.54, 1.807) is 49.4 Å².